The molecule has 0 spiro atoms. The summed E-state index contributed by atoms with van der Waals surface area (Å²) in [5.74, 6) is -0.914. The first-order chi connectivity index (χ1) is 17.6. The van der Waals surface area contributed by atoms with Gasteiger partial charge in [0, 0.05) is 23.6 Å². The van der Waals surface area contributed by atoms with E-state index in [2.05, 4.69) is 5.32 Å². The molecule has 3 rings (SSSR count). The van der Waals surface area contributed by atoms with Crippen LogP contribution in [0.4, 0.5) is 5.69 Å². The molecule has 7 nitrogen and oxygen atoms in total. The van der Waals surface area contributed by atoms with E-state index in [0.29, 0.717) is 22.0 Å². The third kappa shape index (κ3) is 6.83. The minimum absolute atomic E-state index is 0.0312. The number of carbonyl (C=O) groups is 2. The Bertz CT molecular complexity index is 1350. The van der Waals surface area contributed by atoms with Crippen LogP contribution >= 0.6 is 23.2 Å². The second-order valence-electron chi connectivity index (χ2n) is 8.45. The lowest BCUT2D eigenvalue weighted by molar-refractivity contribution is -0.140. The van der Waals surface area contributed by atoms with E-state index < -0.39 is 28.5 Å². The number of likely N-dealkylation sites (N-methyl/N-ethyl adjacent to an activating group) is 1. The van der Waals surface area contributed by atoms with Crippen molar-refractivity contribution in [3.63, 3.8) is 0 Å². The van der Waals surface area contributed by atoms with Crippen molar-refractivity contribution in [1.82, 2.24) is 10.2 Å². The van der Waals surface area contributed by atoms with Gasteiger partial charge in [-0.2, -0.15) is 0 Å². The van der Waals surface area contributed by atoms with E-state index in [4.69, 9.17) is 23.2 Å². The van der Waals surface area contributed by atoms with Crippen molar-refractivity contribution in [2.75, 3.05) is 17.9 Å². The summed E-state index contributed by atoms with van der Waals surface area (Å²) < 4.78 is 28.5. The number of hydrogen-bond acceptors (Lipinski definition) is 4. The lowest BCUT2D eigenvalue weighted by atomic mass is 10.1. The van der Waals surface area contributed by atoms with Gasteiger partial charge in [0.2, 0.25) is 11.8 Å². The number of nitrogens with one attached hydrogen (secondary N) is 1. The molecule has 0 aliphatic rings. The third-order valence-corrected chi connectivity index (χ3v) is 8.34. The van der Waals surface area contributed by atoms with Gasteiger partial charge in [0.25, 0.3) is 10.0 Å². The highest BCUT2D eigenvalue weighted by Gasteiger charge is 2.33. The average Bonchev–Trinajstić information content (AvgIpc) is 2.88. The number of amides is 2. The molecule has 0 saturated heterocycles. The monoisotopic (exact) mass is 561 g/mol. The molecule has 0 radical (unpaired) electrons. The summed E-state index contributed by atoms with van der Waals surface area (Å²) in [6.45, 7) is 3.14. The number of carbonyl (C=O) groups excluding carboxylic acids is 2. The van der Waals surface area contributed by atoms with Crippen LogP contribution in [0.5, 0.6) is 0 Å². The van der Waals surface area contributed by atoms with E-state index in [9.17, 15) is 18.0 Å². The Hall–Kier alpha value is -3.07. The van der Waals surface area contributed by atoms with E-state index in [0.717, 1.165) is 9.87 Å². The molecule has 1 N–H and O–H groups in total. The molecule has 196 valence electrons. The normalized spacial score (nSPS) is 12.0. The van der Waals surface area contributed by atoms with Crippen LogP contribution in [0.1, 0.15) is 24.5 Å². The number of halogens is 2. The maximum Gasteiger partial charge on any atom is 0.264 e. The molecule has 3 aromatic rings. The molecule has 0 bridgehead atoms. The standard InChI is InChI=1S/C27H29Cl2N3O4S/c1-4-25(27(34)30-3)31(17-20-7-5-6-8-24(20)29)26(33)18-32(22-13-11-21(28)12-14-22)37(35,36)23-15-9-19(2)10-16-23/h5-16,25H,4,17-18H2,1-3H3,(H,30,34). The molecular formula is C27H29Cl2N3O4S. The van der Waals surface area contributed by atoms with Crippen molar-refractivity contribution in [1.29, 1.82) is 0 Å². The lowest BCUT2D eigenvalue weighted by Crippen LogP contribution is -2.51. The van der Waals surface area contributed by atoms with Crippen LogP contribution < -0.4 is 9.62 Å². The summed E-state index contributed by atoms with van der Waals surface area (Å²) in [6, 6.07) is 18.7. The fourth-order valence-electron chi connectivity index (χ4n) is 3.87. The Morgan fingerprint density at radius 1 is 0.946 bits per heavy atom. The minimum atomic E-state index is -4.14. The van der Waals surface area contributed by atoms with Crippen molar-refractivity contribution in [2.45, 2.75) is 37.8 Å². The van der Waals surface area contributed by atoms with Gasteiger partial charge in [0.1, 0.15) is 12.6 Å². The second kappa shape index (κ2) is 12.4. The van der Waals surface area contributed by atoms with Crippen molar-refractivity contribution in [3.05, 3.63) is 94.0 Å². The highest BCUT2D eigenvalue weighted by molar-refractivity contribution is 7.92. The molecule has 2 amide bonds. The lowest BCUT2D eigenvalue weighted by Gasteiger charge is -2.33. The molecule has 0 saturated carbocycles. The first-order valence-electron chi connectivity index (χ1n) is 11.7. The van der Waals surface area contributed by atoms with Crippen molar-refractivity contribution in [3.8, 4) is 0 Å². The van der Waals surface area contributed by atoms with Crippen LogP contribution in [-0.2, 0) is 26.2 Å². The molecule has 0 aliphatic heterocycles. The Morgan fingerprint density at radius 3 is 2.14 bits per heavy atom. The van der Waals surface area contributed by atoms with Crippen LogP contribution in [0.15, 0.2) is 77.7 Å². The molecule has 1 unspecified atom stereocenters. The largest absolute Gasteiger partial charge is 0.357 e. The van der Waals surface area contributed by atoms with E-state index in [1.807, 2.05) is 6.92 Å². The number of anilines is 1. The predicted octanol–water partition coefficient (Wildman–Crippen LogP) is 5.05. The molecule has 0 aliphatic carbocycles. The fraction of sp³-hybridized carbons (Fsp3) is 0.259. The summed E-state index contributed by atoms with van der Waals surface area (Å²) in [7, 11) is -2.64. The van der Waals surface area contributed by atoms with Crippen LogP contribution in [-0.4, -0.2) is 44.8 Å². The van der Waals surface area contributed by atoms with E-state index in [-0.39, 0.29) is 23.0 Å². The van der Waals surface area contributed by atoms with E-state index in [1.165, 1.54) is 36.2 Å². The predicted molar refractivity (Wildman–Crippen MR) is 147 cm³/mol. The second-order valence-corrected chi connectivity index (χ2v) is 11.2. The van der Waals surface area contributed by atoms with Gasteiger partial charge in [-0.05, 0) is 61.4 Å². The number of benzene rings is 3. The average molecular weight is 563 g/mol. The van der Waals surface area contributed by atoms with Crippen molar-refractivity contribution >= 4 is 50.7 Å². The SMILES string of the molecule is CCC(C(=O)NC)N(Cc1ccccc1Cl)C(=O)CN(c1ccc(Cl)cc1)S(=O)(=O)c1ccc(C)cc1. The Morgan fingerprint density at radius 2 is 1.57 bits per heavy atom. The molecular weight excluding hydrogens is 533 g/mol. The third-order valence-electron chi connectivity index (χ3n) is 5.93. The Kier molecular flexibility index (Phi) is 9.59. The number of rotatable bonds is 10. The van der Waals surface area contributed by atoms with Crippen LogP contribution in [0, 0.1) is 6.92 Å². The van der Waals surface area contributed by atoms with Gasteiger partial charge in [0.05, 0.1) is 10.6 Å². The van der Waals surface area contributed by atoms with Gasteiger partial charge in [-0.15, -0.1) is 0 Å². The summed E-state index contributed by atoms with van der Waals surface area (Å²) in [5.41, 5.74) is 1.80. The minimum Gasteiger partial charge on any atom is -0.357 e. The first-order valence-corrected chi connectivity index (χ1v) is 13.9. The van der Waals surface area contributed by atoms with Gasteiger partial charge in [-0.25, -0.2) is 8.42 Å². The number of hydrogen-bond donors (Lipinski definition) is 1. The number of sulfonamides is 1. The molecule has 37 heavy (non-hydrogen) atoms. The zero-order valence-corrected chi connectivity index (χ0v) is 23.1. The van der Waals surface area contributed by atoms with E-state index >= 15 is 0 Å². The van der Waals surface area contributed by atoms with Crippen molar-refractivity contribution in [2.24, 2.45) is 0 Å². The highest BCUT2D eigenvalue weighted by atomic mass is 35.5. The summed E-state index contributed by atoms with van der Waals surface area (Å²) in [4.78, 5) is 28.0. The summed E-state index contributed by atoms with van der Waals surface area (Å²) >= 11 is 12.4. The zero-order valence-electron chi connectivity index (χ0n) is 20.8. The number of aryl methyl sites for hydroxylation is 1. The number of nitrogens with zero attached hydrogens (tertiary/aromatic N) is 2. The molecule has 10 heteroatoms. The fourth-order valence-corrected chi connectivity index (χ4v) is 5.61. The maximum atomic E-state index is 13.8. The molecule has 0 aromatic heterocycles. The van der Waals surface area contributed by atoms with Crippen LogP contribution in [0.25, 0.3) is 0 Å². The molecule has 0 heterocycles. The van der Waals surface area contributed by atoms with Gasteiger partial charge in [-0.1, -0.05) is 66.0 Å². The van der Waals surface area contributed by atoms with Gasteiger partial charge >= 0.3 is 0 Å². The first kappa shape index (κ1) is 28.5. The Balaban J connectivity index is 2.06. The zero-order chi connectivity index (χ0) is 27.2. The molecule has 0 fully saturated rings. The van der Waals surface area contributed by atoms with Crippen molar-refractivity contribution < 1.29 is 18.0 Å². The van der Waals surface area contributed by atoms with Crippen LogP contribution in [0.3, 0.4) is 0 Å². The van der Waals surface area contributed by atoms with Gasteiger partial charge < -0.3 is 10.2 Å². The quantitative estimate of drug-likeness (QED) is 0.375. The molecule has 3 aromatic carbocycles. The van der Waals surface area contributed by atoms with E-state index in [1.54, 1.807) is 55.5 Å². The van der Waals surface area contributed by atoms with Crippen LogP contribution in [0.2, 0.25) is 10.0 Å². The smallest absolute Gasteiger partial charge is 0.264 e. The highest BCUT2D eigenvalue weighted by Crippen LogP contribution is 2.27. The Labute approximate surface area is 228 Å². The molecule has 1 atom stereocenters. The topological polar surface area (TPSA) is 86.8 Å². The summed E-state index contributed by atoms with van der Waals surface area (Å²) in [5, 5.41) is 3.46. The summed E-state index contributed by atoms with van der Waals surface area (Å²) in [6.07, 6.45) is 0.321. The van der Waals surface area contributed by atoms with Gasteiger partial charge in [0.15, 0.2) is 0 Å². The maximum absolute atomic E-state index is 13.8. The van der Waals surface area contributed by atoms with Gasteiger partial charge in [-0.3, -0.25) is 13.9 Å².